The Morgan fingerprint density at radius 2 is 1.95 bits per heavy atom. The molecule has 0 aromatic heterocycles. The quantitative estimate of drug-likeness (QED) is 0.703. The van der Waals surface area contributed by atoms with Gasteiger partial charge in [0.2, 0.25) is 0 Å². The zero-order valence-corrected chi connectivity index (χ0v) is 13.8. The third kappa shape index (κ3) is 4.18. The summed E-state index contributed by atoms with van der Waals surface area (Å²) in [5.74, 6) is 0.329. The van der Waals surface area contributed by atoms with Crippen molar-refractivity contribution < 1.29 is 9.90 Å². The molecule has 21 heavy (non-hydrogen) atoms. The minimum atomic E-state index is -0.741. The molecule has 1 saturated heterocycles. The van der Waals surface area contributed by atoms with E-state index in [0.29, 0.717) is 24.9 Å². The maximum atomic E-state index is 11.9. The minimum Gasteiger partial charge on any atom is -0.480 e. The van der Waals surface area contributed by atoms with Crippen LogP contribution in [0.15, 0.2) is 0 Å². The zero-order chi connectivity index (χ0) is 15.5. The molecule has 1 saturated carbocycles. The number of carboxylic acids is 1. The van der Waals surface area contributed by atoms with Gasteiger partial charge in [0.05, 0.1) is 0 Å². The maximum absolute atomic E-state index is 11.9. The van der Waals surface area contributed by atoms with Crippen molar-refractivity contribution in [3.63, 3.8) is 0 Å². The summed E-state index contributed by atoms with van der Waals surface area (Å²) in [7, 11) is 4.25. The van der Waals surface area contributed by atoms with Gasteiger partial charge in [-0.25, -0.2) is 0 Å². The van der Waals surface area contributed by atoms with Crippen molar-refractivity contribution in [2.75, 3.05) is 46.8 Å². The largest absolute Gasteiger partial charge is 0.480 e. The average molecular weight is 297 g/mol. The van der Waals surface area contributed by atoms with E-state index in [2.05, 4.69) is 29.2 Å². The first-order chi connectivity index (χ1) is 9.98. The smallest absolute Gasteiger partial charge is 0.325 e. The molecule has 0 aromatic carbocycles. The van der Waals surface area contributed by atoms with Crippen LogP contribution < -0.4 is 5.32 Å². The number of carboxylic acid groups (broad SMARTS) is 1. The Bertz CT molecular complexity index is 351. The van der Waals surface area contributed by atoms with Crippen LogP contribution in [0.25, 0.3) is 0 Å². The Morgan fingerprint density at radius 3 is 2.43 bits per heavy atom. The Kier molecular flexibility index (Phi) is 5.63. The fourth-order valence-electron chi connectivity index (χ4n) is 3.71. The number of likely N-dealkylation sites (N-methyl/N-ethyl adjacent to an activating group) is 2. The van der Waals surface area contributed by atoms with E-state index in [9.17, 15) is 9.90 Å². The molecule has 2 aliphatic rings. The molecule has 5 heteroatoms. The number of carbonyl (C=O) groups is 1. The summed E-state index contributed by atoms with van der Waals surface area (Å²) in [6.07, 6.45) is 4.54. The molecule has 122 valence electrons. The highest BCUT2D eigenvalue weighted by Gasteiger charge is 2.51. The highest BCUT2D eigenvalue weighted by molar-refractivity contribution is 5.80. The fraction of sp³-hybridized carbons (Fsp3) is 0.938. The van der Waals surface area contributed by atoms with Crippen molar-refractivity contribution in [3.8, 4) is 0 Å². The predicted octanol–water partition coefficient (Wildman–Crippen LogP) is 1.10. The van der Waals surface area contributed by atoms with Crippen LogP contribution in [0.2, 0.25) is 0 Å². The molecular formula is C16H31N3O2. The van der Waals surface area contributed by atoms with Gasteiger partial charge in [-0.05, 0) is 71.2 Å². The van der Waals surface area contributed by atoms with Gasteiger partial charge < -0.3 is 20.2 Å². The molecule has 2 N–H and O–H groups in total. The van der Waals surface area contributed by atoms with E-state index in [1.54, 1.807) is 0 Å². The first kappa shape index (κ1) is 16.7. The summed E-state index contributed by atoms with van der Waals surface area (Å²) < 4.78 is 0. The maximum Gasteiger partial charge on any atom is 0.325 e. The van der Waals surface area contributed by atoms with Crippen molar-refractivity contribution >= 4 is 5.97 Å². The van der Waals surface area contributed by atoms with Crippen LogP contribution in [-0.4, -0.2) is 73.2 Å². The Hall–Kier alpha value is -0.650. The standard InChI is InChI=1S/C16H31N3O2/c1-4-17-16(15(20)21,14-5-6-14)12-19(3)11-13-7-9-18(2)10-8-13/h13-14,17H,4-12H2,1-3H3,(H,20,21). The van der Waals surface area contributed by atoms with Gasteiger partial charge >= 0.3 is 5.97 Å². The van der Waals surface area contributed by atoms with Crippen molar-refractivity contribution in [3.05, 3.63) is 0 Å². The molecule has 1 heterocycles. The second kappa shape index (κ2) is 7.07. The van der Waals surface area contributed by atoms with Gasteiger partial charge in [0, 0.05) is 13.1 Å². The van der Waals surface area contributed by atoms with Gasteiger partial charge in [-0.1, -0.05) is 6.92 Å². The summed E-state index contributed by atoms with van der Waals surface area (Å²) in [6.45, 7) is 6.67. The fourth-order valence-corrected chi connectivity index (χ4v) is 3.71. The summed E-state index contributed by atoms with van der Waals surface area (Å²) in [4.78, 5) is 16.5. The Labute approximate surface area is 128 Å². The van der Waals surface area contributed by atoms with Crippen LogP contribution in [-0.2, 0) is 4.79 Å². The van der Waals surface area contributed by atoms with Crippen LogP contribution in [0.4, 0.5) is 0 Å². The molecule has 2 fully saturated rings. The summed E-state index contributed by atoms with van der Waals surface area (Å²) in [6, 6.07) is 0. The highest BCUT2D eigenvalue weighted by atomic mass is 16.4. The number of piperidine rings is 1. The molecule has 0 spiro atoms. The van der Waals surface area contributed by atoms with Crippen molar-refractivity contribution in [1.29, 1.82) is 0 Å². The lowest BCUT2D eigenvalue weighted by Crippen LogP contribution is -2.60. The number of hydrogen-bond donors (Lipinski definition) is 2. The van der Waals surface area contributed by atoms with Crippen LogP contribution in [0.1, 0.15) is 32.6 Å². The summed E-state index contributed by atoms with van der Waals surface area (Å²) in [5.41, 5.74) is -0.741. The average Bonchev–Trinajstić information content (AvgIpc) is 3.25. The normalized spacial score (nSPS) is 24.2. The molecule has 1 aliphatic carbocycles. The Balaban J connectivity index is 1.91. The second-order valence-electron chi connectivity index (χ2n) is 7.02. The van der Waals surface area contributed by atoms with Gasteiger partial charge in [0.1, 0.15) is 5.54 Å². The van der Waals surface area contributed by atoms with Crippen molar-refractivity contribution in [2.45, 2.75) is 38.1 Å². The molecule has 5 nitrogen and oxygen atoms in total. The SMILES string of the molecule is CCNC(CN(C)CC1CCN(C)CC1)(C(=O)O)C1CC1. The molecule has 1 atom stereocenters. The van der Waals surface area contributed by atoms with Crippen LogP contribution in [0, 0.1) is 11.8 Å². The third-order valence-electron chi connectivity index (χ3n) is 5.08. The van der Waals surface area contributed by atoms with Gasteiger partial charge in [0.25, 0.3) is 0 Å². The molecule has 1 unspecified atom stereocenters. The van der Waals surface area contributed by atoms with Gasteiger partial charge in [0.15, 0.2) is 0 Å². The van der Waals surface area contributed by atoms with E-state index in [0.717, 1.165) is 19.4 Å². The molecule has 2 rings (SSSR count). The number of hydrogen-bond acceptors (Lipinski definition) is 4. The molecule has 0 radical (unpaired) electrons. The van der Waals surface area contributed by atoms with Gasteiger partial charge in [-0.3, -0.25) is 4.79 Å². The topological polar surface area (TPSA) is 55.8 Å². The first-order valence-electron chi connectivity index (χ1n) is 8.33. The van der Waals surface area contributed by atoms with E-state index in [-0.39, 0.29) is 0 Å². The molecule has 0 aromatic rings. The van der Waals surface area contributed by atoms with Crippen molar-refractivity contribution in [2.24, 2.45) is 11.8 Å². The second-order valence-corrected chi connectivity index (χ2v) is 7.02. The van der Waals surface area contributed by atoms with E-state index in [1.165, 1.54) is 25.9 Å². The third-order valence-corrected chi connectivity index (χ3v) is 5.08. The lowest BCUT2D eigenvalue weighted by molar-refractivity contribution is -0.147. The van der Waals surface area contributed by atoms with Gasteiger partial charge in [-0.15, -0.1) is 0 Å². The Morgan fingerprint density at radius 1 is 1.33 bits per heavy atom. The van der Waals surface area contributed by atoms with E-state index in [4.69, 9.17) is 0 Å². The zero-order valence-electron chi connectivity index (χ0n) is 13.8. The molecule has 1 aliphatic heterocycles. The van der Waals surface area contributed by atoms with Gasteiger partial charge in [-0.2, -0.15) is 0 Å². The molecule has 0 bridgehead atoms. The minimum absolute atomic E-state index is 0.301. The summed E-state index contributed by atoms with van der Waals surface area (Å²) >= 11 is 0. The van der Waals surface area contributed by atoms with E-state index < -0.39 is 11.5 Å². The van der Waals surface area contributed by atoms with E-state index >= 15 is 0 Å². The number of likely N-dealkylation sites (tertiary alicyclic amines) is 1. The number of rotatable bonds is 8. The predicted molar refractivity (Wildman–Crippen MR) is 84.5 cm³/mol. The van der Waals surface area contributed by atoms with Crippen LogP contribution in [0.5, 0.6) is 0 Å². The monoisotopic (exact) mass is 297 g/mol. The van der Waals surface area contributed by atoms with Crippen LogP contribution in [0.3, 0.4) is 0 Å². The molecular weight excluding hydrogens is 266 g/mol. The number of aliphatic carboxylic acids is 1. The molecule has 0 amide bonds. The van der Waals surface area contributed by atoms with E-state index in [1.807, 2.05) is 6.92 Å². The number of nitrogens with one attached hydrogen (secondary N) is 1. The van der Waals surface area contributed by atoms with Crippen LogP contribution >= 0.6 is 0 Å². The first-order valence-corrected chi connectivity index (χ1v) is 8.33. The summed E-state index contributed by atoms with van der Waals surface area (Å²) in [5, 5.41) is 13.0. The van der Waals surface area contributed by atoms with Crippen molar-refractivity contribution in [1.82, 2.24) is 15.1 Å². The lowest BCUT2D eigenvalue weighted by Gasteiger charge is -2.37. The number of nitrogens with zero attached hydrogens (tertiary/aromatic N) is 2. The lowest BCUT2D eigenvalue weighted by atomic mass is 9.91. The highest BCUT2D eigenvalue weighted by Crippen LogP contribution is 2.40.